The molecule has 5 heteroatoms. The second kappa shape index (κ2) is 12.7. The van der Waals surface area contributed by atoms with Gasteiger partial charge in [0.15, 0.2) is 0 Å². The zero-order chi connectivity index (χ0) is 18.6. The molecule has 5 aromatic rings. The molecule has 0 N–H and O–H groups in total. The van der Waals surface area contributed by atoms with Crippen molar-refractivity contribution in [3.63, 3.8) is 0 Å². The van der Waals surface area contributed by atoms with Gasteiger partial charge < -0.3 is 9.97 Å². The van der Waals surface area contributed by atoms with Crippen LogP contribution in [0.1, 0.15) is 0 Å². The van der Waals surface area contributed by atoms with Crippen molar-refractivity contribution >= 4 is 19.2 Å². The summed E-state index contributed by atoms with van der Waals surface area (Å²) in [6, 6.07) is 32.2. The Morgan fingerprint density at radius 2 is 1.46 bits per heavy atom. The molecule has 0 unspecified atom stereocenters. The first-order valence-corrected chi connectivity index (χ1v) is 9.72. The Morgan fingerprint density at radius 1 is 0.750 bits per heavy atom. The van der Waals surface area contributed by atoms with Crippen LogP contribution in [0.25, 0.3) is 22.6 Å². The average molecular weight is 471 g/mol. The van der Waals surface area contributed by atoms with Crippen molar-refractivity contribution in [2.75, 3.05) is 0 Å². The van der Waals surface area contributed by atoms with Gasteiger partial charge in [-0.25, -0.2) is 0 Å². The monoisotopic (exact) mass is 471 g/mol. The van der Waals surface area contributed by atoms with Crippen molar-refractivity contribution in [3.8, 4) is 11.5 Å². The standard InChI is InChI=1S/C12H8N3.C6H5.C5H5P.Rh/c1-2-6-10-9(5-1)14-12(15-10)11-7-3-4-8-13-11;2*1-2-4-6-5-3-1;/h1-8H;2*1-5H;/q2*-1;;+2/p+1. The molecule has 1 radical (unpaired) electrons. The molecular weight excluding hydrogens is 452 g/mol. The van der Waals surface area contributed by atoms with Gasteiger partial charge in [0.2, 0.25) is 0 Å². The topological polar surface area (TPSA) is 39.9 Å². The van der Waals surface area contributed by atoms with E-state index in [0.717, 1.165) is 24.9 Å². The molecule has 3 aromatic heterocycles. The minimum absolute atomic E-state index is 0. The Bertz CT molecular complexity index is 905. The van der Waals surface area contributed by atoms with E-state index in [-0.39, 0.29) is 19.5 Å². The van der Waals surface area contributed by atoms with Gasteiger partial charge in [0.05, 0.1) is 5.69 Å². The maximum atomic E-state index is 4.41. The van der Waals surface area contributed by atoms with E-state index in [0.29, 0.717) is 5.82 Å². The largest absolute Gasteiger partial charge is 2.00 e. The fourth-order valence-corrected chi connectivity index (χ4v) is 2.76. The number of imidazole rings is 1. The summed E-state index contributed by atoms with van der Waals surface area (Å²) in [5, 5.41) is 0. The number of nitrogens with zero attached hydrogens (tertiary/aromatic N) is 3. The summed E-state index contributed by atoms with van der Waals surface area (Å²) >= 11 is 0. The van der Waals surface area contributed by atoms with Gasteiger partial charge in [-0.3, -0.25) is 4.98 Å². The third-order valence-electron chi connectivity index (χ3n) is 3.44. The van der Waals surface area contributed by atoms with Crippen LogP contribution in [-0.2, 0) is 19.5 Å². The van der Waals surface area contributed by atoms with Crippen LogP contribution >= 0.6 is 8.19 Å². The summed E-state index contributed by atoms with van der Waals surface area (Å²) in [5.41, 5.74) is 2.64. The fraction of sp³-hybridized carbons (Fsp3) is 0. The Balaban J connectivity index is 0.000000179. The summed E-state index contributed by atoms with van der Waals surface area (Å²) in [4.78, 5) is 13.0. The summed E-state index contributed by atoms with van der Waals surface area (Å²) in [6.45, 7) is 0. The number of aromatic nitrogens is 3. The normalized spacial score (nSPS) is 9.14. The second-order valence-electron chi connectivity index (χ2n) is 5.41. The first kappa shape index (κ1) is 21.6. The van der Waals surface area contributed by atoms with Crippen LogP contribution in [0, 0.1) is 6.07 Å². The van der Waals surface area contributed by atoms with Crippen LogP contribution in [0.3, 0.4) is 0 Å². The quantitative estimate of drug-likeness (QED) is 0.231. The number of para-hydroxylation sites is 2. The first-order chi connectivity index (χ1) is 13.4. The fourth-order valence-electron chi connectivity index (χ4n) is 2.20. The molecule has 0 aliphatic heterocycles. The van der Waals surface area contributed by atoms with E-state index >= 15 is 0 Å². The molecule has 139 valence electrons. The van der Waals surface area contributed by atoms with Crippen molar-refractivity contribution in [3.05, 3.63) is 115 Å². The van der Waals surface area contributed by atoms with E-state index in [4.69, 9.17) is 0 Å². The Labute approximate surface area is 179 Å². The number of fused-ring (bicyclic) bond motifs is 1. The van der Waals surface area contributed by atoms with Gasteiger partial charge in [-0.05, 0) is 41.1 Å². The zero-order valence-corrected chi connectivity index (χ0v) is 17.7. The molecule has 0 spiro atoms. The molecule has 2 aromatic carbocycles. The Kier molecular flexibility index (Phi) is 9.79. The minimum Gasteiger partial charge on any atom is -0.434 e. The van der Waals surface area contributed by atoms with Gasteiger partial charge in [0.25, 0.3) is 0 Å². The second-order valence-corrected chi connectivity index (χ2v) is 6.41. The smallest absolute Gasteiger partial charge is 0.434 e. The van der Waals surface area contributed by atoms with Crippen LogP contribution in [0.2, 0.25) is 0 Å². The number of pyridine rings is 1. The van der Waals surface area contributed by atoms with E-state index in [1.165, 1.54) is 0 Å². The number of rotatable bonds is 1. The molecule has 0 aliphatic rings. The van der Waals surface area contributed by atoms with Crippen LogP contribution in [0.5, 0.6) is 0 Å². The predicted octanol–water partition coefficient (Wildman–Crippen LogP) is 5.74. The SMILES string of the molecule is [Rh+2].[c-]1ccccc1.c1cc[pH+]cc1.c1ccc(-c2nc3ccccc3[n-]2)nc1. The molecule has 3 nitrogen and oxygen atoms in total. The van der Waals surface area contributed by atoms with Gasteiger partial charge in [0.1, 0.15) is 19.8 Å². The van der Waals surface area contributed by atoms with E-state index in [9.17, 15) is 0 Å². The maximum Gasteiger partial charge on any atom is 2.00 e. The molecule has 0 aliphatic carbocycles. The maximum absolute atomic E-state index is 4.41. The third-order valence-corrected chi connectivity index (χ3v) is 4.21. The molecule has 3 heterocycles. The van der Waals surface area contributed by atoms with E-state index in [2.05, 4.69) is 44.7 Å². The molecule has 0 bridgehead atoms. The van der Waals surface area contributed by atoms with E-state index in [1.807, 2.05) is 78.9 Å². The molecule has 0 amide bonds. The number of hydrogen-bond acceptors (Lipinski definition) is 2. The summed E-state index contributed by atoms with van der Waals surface area (Å²) in [7, 11) is 0.909. The molecule has 28 heavy (non-hydrogen) atoms. The van der Waals surface area contributed by atoms with Crippen LogP contribution in [0.15, 0.2) is 109 Å². The molecule has 0 saturated heterocycles. The van der Waals surface area contributed by atoms with E-state index in [1.54, 1.807) is 6.20 Å². The summed E-state index contributed by atoms with van der Waals surface area (Å²) < 4.78 is 0. The Hall–Kier alpha value is -2.67. The molecule has 0 atom stereocenters. The molecular formula is C23H19N3PRh+. The number of benzene rings is 2. The van der Waals surface area contributed by atoms with Crippen molar-refractivity contribution in [1.82, 2.24) is 15.0 Å². The Morgan fingerprint density at radius 3 is 1.96 bits per heavy atom. The van der Waals surface area contributed by atoms with Crippen molar-refractivity contribution in [2.24, 2.45) is 0 Å². The van der Waals surface area contributed by atoms with Gasteiger partial charge >= 0.3 is 19.5 Å². The van der Waals surface area contributed by atoms with Crippen LogP contribution in [0.4, 0.5) is 0 Å². The molecule has 0 fully saturated rings. The number of hydrogen-bond donors (Lipinski definition) is 0. The zero-order valence-electron chi connectivity index (χ0n) is 15.1. The van der Waals surface area contributed by atoms with Crippen molar-refractivity contribution in [2.45, 2.75) is 0 Å². The van der Waals surface area contributed by atoms with Gasteiger partial charge in [-0.2, -0.15) is 36.4 Å². The first-order valence-electron chi connectivity index (χ1n) is 8.56. The van der Waals surface area contributed by atoms with Crippen molar-refractivity contribution < 1.29 is 19.5 Å². The minimum atomic E-state index is 0. The molecule has 5 rings (SSSR count). The summed E-state index contributed by atoms with van der Waals surface area (Å²) in [6.07, 6.45) is 1.75. The van der Waals surface area contributed by atoms with Crippen LogP contribution in [-0.4, -0.2) is 9.97 Å². The van der Waals surface area contributed by atoms with Crippen LogP contribution < -0.4 is 4.98 Å². The summed E-state index contributed by atoms with van der Waals surface area (Å²) in [5.74, 6) is 5.00. The third kappa shape index (κ3) is 7.15. The average Bonchev–Trinajstić information content (AvgIpc) is 3.22. The van der Waals surface area contributed by atoms with Gasteiger partial charge in [-0.15, -0.1) is 0 Å². The predicted molar refractivity (Wildman–Crippen MR) is 114 cm³/mol. The molecule has 0 saturated carbocycles. The van der Waals surface area contributed by atoms with E-state index < -0.39 is 0 Å². The van der Waals surface area contributed by atoms with Crippen molar-refractivity contribution in [1.29, 1.82) is 0 Å². The van der Waals surface area contributed by atoms with Gasteiger partial charge in [0, 0.05) is 6.20 Å². The van der Waals surface area contributed by atoms with Gasteiger partial charge in [-0.1, -0.05) is 36.4 Å².